The molecule has 0 unspecified atom stereocenters. The van der Waals surface area contributed by atoms with E-state index in [0.29, 0.717) is 22.3 Å². The molecule has 0 saturated heterocycles. The van der Waals surface area contributed by atoms with Crippen LogP contribution in [0.25, 0.3) is 0 Å². The fourth-order valence-corrected chi connectivity index (χ4v) is 3.44. The Balaban J connectivity index is 1.73. The minimum Gasteiger partial charge on any atom is -0.497 e. The van der Waals surface area contributed by atoms with E-state index in [9.17, 15) is 8.42 Å². The van der Waals surface area contributed by atoms with E-state index in [1.54, 1.807) is 30.3 Å². The summed E-state index contributed by atoms with van der Waals surface area (Å²) in [5.74, 6) is 0.536. The van der Waals surface area contributed by atoms with Crippen molar-refractivity contribution in [3.05, 3.63) is 64.4 Å². The molecule has 0 atom stereocenters. The number of anilines is 1. The van der Waals surface area contributed by atoms with Crippen LogP contribution in [-0.4, -0.2) is 30.3 Å². The number of hydrogen-bond acceptors (Lipinski definition) is 5. The zero-order chi connectivity index (χ0) is 18.7. The van der Waals surface area contributed by atoms with Crippen LogP contribution < -0.4 is 9.46 Å². The lowest BCUT2D eigenvalue weighted by Crippen LogP contribution is -2.14. The zero-order valence-corrected chi connectivity index (χ0v) is 15.9. The fraction of sp³-hybridized carbons (Fsp3) is 0.125. The lowest BCUT2D eigenvalue weighted by molar-refractivity contribution is 0.414. The average molecular weight is 413 g/mol. The summed E-state index contributed by atoms with van der Waals surface area (Å²) >= 11 is 11.9. The van der Waals surface area contributed by atoms with Gasteiger partial charge in [0.2, 0.25) is 0 Å². The van der Waals surface area contributed by atoms with Gasteiger partial charge in [-0.3, -0.25) is 0 Å². The standard InChI is InChI=1S/C16H14Cl2N4O3S/c1-25-12-3-5-13(6-4-12)26(23,24)21-16-19-10-22(20-16)9-11-2-7-14(17)15(18)8-11/h2-8,10H,9H2,1H3,(H,20,21). The normalized spacial score (nSPS) is 11.3. The van der Waals surface area contributed by atoms with Crippen molar-refractivity contribution in [3.8, 4) is 5.75 Å². The lowest BCUT2D eigenvalue weighted by atomic mass is 10.2. The smallest absolute Gasteiger partial charge is 0.264 e. The third kappa shape index (κ3) is 4.27. The van der Waals surface area contributed by atoms with Crippen LogP contribution in [0.3, 0.4) is 0 Å². The van der Waals surface area contributed by atoms with Crippen molar-refractivity contribution < 1.29 is 13.2 Å². The van der Waals surface area contributed by atoms with E-state index < -0.39 is 10.0 Å². The molecule has 0 fully saturated rings. The second-order valence-corrected chi connectivity index (χ2v) is 7.79. The molecule has 3 rings (SSSR count). The van der Waals surface area contributed by atoms with Crippen molar-refractivity contribution in [1.82, 2.24) is 14.8 Å². The molecule has 0 radical (unpaired) electrons. The summed E-state index contributed by atoms with van der Waals surface area (Å²) in [7, 11) is -2.29. The molecule has 136 valence electrons. The summed E-state index contributed by atoms with van der Waals surface area (Å²) in [6.45, 7) is 0.369. The lowest BCUT2D eigenvalue weighted by Gasteiger charge is -2.06. The summed E-state index contributed by atoms with van der Waals surface area (Å²) in [5.41, 5.74) is 0.855. The molecule has 26 heavy (non-hydrogen) atoms. The topological polar surface area (TPSA) is 86.1 Å². The molecular weight excluding hydrogens is 399 g/mol. The first-order valence-corrected chi connectivity index (χ1v) is 9.61. The Morgan fingerprint density at radius 3 is 2.50 bits per heavy atom. The van der Waals surface area contributed by atoms with Crippen LogP contribution in [0.2, 0.25) is 10.0 Å². The molecule has 0 saturated carbocycles. The molecule has 1 aromatic heterocycles. The van der Waals surface area contributed by atoms with E-state index in [2.05, 4.69) is 14.8 Å². The van der Waals surface area contributed by atoms with Gasteiger partial charge in [0.15, 0.2) is 0 Å². The molecule has 1 heterocycles. The number of halogens is 2. The van der Waals surface area contributed by atoms with Crippen LogP contribution in [0, 0.1) is 0 Å². The summed E-state index contributed by atoms with van der Waals surface area (Å²) < 4.78 is 33.6. The van der Waals surface area contributed by atoms with E-state index >= 15 is 0 Å². The van der Waals surface area contributed by atoms with Gasteiger partial charge < -0.3 is 4.74 Å². The van der Waals surface area contributed by atoms with Gasteiger partial charge in [0.05, 0.1) is 28.6 Å². The van der Waals surface area contributed by atoms with Gasteiger partial charge in [-0.15, -0.1) is 5.10 Å². The van der Waals surface area contributed by atoms with Crippen LogP contribution >= 0.6 is 23.2 Å². The van der Waals surface area contributed by atoms with Crippen molar-refractivity contribution >= 4 is 39.2 Å². The predicted octanol–water partition coefficient (Wildman–Crippen LogP) is 3.44. The minimum atomic E-state index is -3.79. The van der Waals surface area contributed by atoms with Crippen LogP contribution in [0.15, 0.2) is 53.7 Å². The third-order valence-corrected chi connectivity index (χ3v) is 5.54. The van der Waals surface area contributed by atoms with E-state index in [1.165, 1.54) is 30.3 Å². The average Bonchev–Trinajstić information content (AvgIpc) is 3.04. The monoisotopic (exact) mass is 412 g/mol. The van der Waals surface area contributed by atoms with E-state index in [-0.39, 0.29) is 10.8 Å². The van der Waals surface area contributed by atoms with Crippen LogP contribution in [0.4, 0.5) is 5.95 Å². The first-order chi connectivity index (χ1) is 12.4. The highest BCUT2D eigenvalue weighted by atomic mass is 35.5. The van der Waals surface area contributed by atoms with Gasteiger partial charge in [-0.1, -0.05) is 29.3 Å². The van der Waals surface area contributed by atoms with Crippen molar-refractivity contribution in [2.24, 2.45) is 0 Å². The van der Waals surface area contributed by atoms with Gasteiger partial charge in [-0.05, 0) is 42.0 Å². The number of rotatable bonds is 6. The van der Waals surface area contributed by atoms with E-state index in [0.717, 1.165) is 5.56 Å². The first-order valence-electron chi connectivity index (χ1n) is 7.37. The van der Waals surface area contributed by atoms with Crippen LogP contribution in [0.5, 0.6) is 5.75 Å². The predicted molar refractivity (Wildman–Crippen MR) is 99.4 cm³/mol. The minimum absolute atomic E-state index is 0.0270. The number of nitrogens with one attached hydrogen (secondary N) is 1. The van der Waals surface area contributed by atoms with Crippen LogP contribution in [0.1, 0.15) is 5.56 Å². The Morgan fingerprint density at radius 1 is 1.12 bits per heavy atom. The second kappa shape index (κ2) is 7.53. The highest BCUT2D eigenvalue weighted by Crippen LogP contribution is 2.23. The van der Waals surface area contributed by atoms with Crippen molar-refractivity contribution in [3.63, 3.8) is 0 Å². The SMILES string of the molecule is COc1ccc(S(=O)(=O)Nc2ncn(Cc3ccc(Cl)c(Cl)c3)n2)cc1. The highest BCUT2D eigenvalue weighted by molar-refractivity contribution is 7.92. The van der Waals surface area contributed by atoms with Gasteiger partial charge >= 0.3 is 0 Å². The second-order valence-electron chi connectivity index (χ2n) is 5.30. The molecule has 3 aromatic rings. The van der Waals surface area contributed by atoms with Crippen LogP contribution in [-0.2, 0) is 16.6 Å². The maximum absolute atomic E-state index is 12.4. The molecule has 0 aliphatic rings. The van der Waals surface area contributed by atoms with Gasteiger partial charge in [0.1, 0.15) is 12.1 Å². The summed E-state index contributed by atoms with van der Waals surface area (Å²) in [6, 6.07) is 11.2. The van der Waals surface area contributed by atoms with Gasteiger partial charge in [-0.25, -0.2) is 17.8 Å². The maximum Gasteiger partial charge on any atom is 0.264 e. The highest BCUT2D eigenvalue weighted by Gasteiger charge is 2.16. The zero-order valence-electron chi connectivity index (χ0n) is 13.6. The van der Waals surface area contributed by atoms with Crippen molar-refractivity contribution in [2.45, 2.75) is 11.4 Å². The number of benzene rings is 2. The van der Waals surface area contributed by atoms with Gasteiger partial charge in [-0.2, -0.15) is 4.98 Å². The Kier molecular flexibility index (Phi) is 5.36. The number of methoxy groups -OCH3 is 1. The Bertz CT molecular complexity index is 1020. The molecule has 0 aliphatic carbocycles. The third-order valence-electron chi connectivity index (χ3n) is 3.46. The Labute approximate surface area is 160 Å². The first kappa shape index (κ1) is 18.5. The number of sulfonamides is 1. The quantitative estimate of drug-likeness (QED) is 0.669. The van der Waals surface area contributed by atoms with E-state index in [4.69, 9.17) is 27.9 Å². The summed E-state index contributed by atoms with van der Waals surface area (Å²) in [5, 5.41) is 5.01. The number of nitrogens with zero attached hydrogens (tertiary/aromatic N) is 3. The molecule has 10 heteroatoms. The molecule has 0 spiro atoms. The molecule has 0 amide bonds. The van der Waals surface area contributed by atoms with Gasteiger partial charge in [0, 0.05) is 0 Å². The molecule has 1 N–H and O–H groups in total. The fourth-order valence-electron chi connectivity index (χ4n) is 2.18. The van der Waals surface area contributed by atoms with Crippen molar-refractivity contribution in [2.75, 3.05) is 11.8 Å². The molecular formula is C16H14Cl2N4O3S. The summed E-state index contributed by atoms with van der Waals surface area (Å²) in [6.07, 6.45) is 1.42. The number of hydrogen-bond donors (Lipinski definition) is 1. The Morgan fingerprint density at radius 2 is 1.85 bits per heavy atom. The Hall–Kier alpha value is -2.29. The molecule has 7 nitrogen and oxygen atoms in total. The molecule has 0 aliphatic heterocycles. The van der Waals surface area contributed by atoms with Crippen molar-refractivity contribution in [1.29, 1.82) is 0 Å². The van der Waals surface area contributed by atoms with E-state index in [1.807, 2.05) is 0 Å². The number of aromatic nitrogens is 3. The maximum atomic E-state index is 12.4. The van der Waals surface area contributed by atoms with Gasteiger partial charge in [0.25, 0.3) is 16.0 Å². The number of ether oxygens (including phenoxy) is 1. The largest absolute Gasteiger partial charge is 0.497 e. The molecule has 0 bridgehead atoms. The molecule has 2 aromatic carbocycles. The summed E-state index contributed by atoms with van der Waals surface area (Å²) in [4.78, 5) is 4.06.